The summed E-state index contributed by atoms with van der Waals surface area (Å²) in [6, 6.07) is 0. The molecular weight excluding hydrogens is 329 g/mol. The normalized spacial score (nSPS) is 20.8. The van der Waals surface area contributed by atoms with Crippen molar-refractivity contribution in [2.45, 2.75) is 19.0 Å². The number of nitrogens with zero attached hydrogens (tertiary/aromatic N) is 3. The lowest BCUT2D eigenvalue weighted by molar-refractivity contribution is -0.144. The van der Waals surface area contributed by atoms with Gasteiger partial charge in [0.25, 0.3) is 0 Å². The Kier molecular flexibility index (Phi) is 4.73. The highest BCUT2D eigenvalue weighted by atomic mass is 32.2. The molecular formula is C10H15F3N4O2S2. The Morgan fingerprint density at radius 3 is 2.76 bits per heavy atom. The minimum Gasteiger partial charge on any atom is -0.347 e. The number of piperidine rings is 1. The van der Waals surface area contributed by atoms with Crippen molar-refractivity contribution in [1.82, 2.24) is 14.1 Å². The fraction of sp³-hybridized carbons (Fsp3) is 0.800. The van der Waals surface area contributed by atoms with Gasteiger partial charge in [0.05, 0.1) is 6.26 Å². The summed E-state index contributed by atoms with van der Waals surface area (Å²) in [5.74, 6) is -1.08. The van der Waals surface area contributed by atoms with E-state index < -0.39 is 22.0 Å². The Morgan fingerprint density at radius 1 is 1.48 bits per heavy atom. The van der Waals surface area contributed by atoms with Gasteiger partial charge >= 0.3 is 6.18 Å². The number of aromatic nitrogens is 2. The number of halogens is 3. The third-order valence-corrected chi connectivity index (χ3v) is 4.56. The van der Waals surface area contributed by atoms with Gasteiger partial charge in [-0.15, -0.1) is 0 Å². The molecule has 1 aromatic rings. The maximum atomic E-state index is 12.5. The van der Waals surface area contributed by atoms with Gasteiger partial charge in [-0.2, -0.15) is 22.5 Å². The lowest BCUT2D eigenvalue weighted by Crippen LogP contribution is -2.40. The smallest absolute Gasteiger partial charge is 0.347 e. The van der Waals surface area contributed by atoms with Crippen LogP contribution in [0.3, 0.4) is 0 Å². The second kappa shape index (κ2) is 6.05. The summed E-state index contributed by atoms with van der Waals surface area (Å²) < 4.78 is 65.3. The molecule has 2 rings (SSSR count). The zero-order chi connectivity index (χ0) is 15.7. The van der Waals surface area contributed by atoms with Gasteiger partial charge in [0.1, 0.15) is 0 Å². The Morgan fingerprint density at radius 2 is 2.19 bits per heavy atom. The van der Waals surface area contributed by atoms with Gasteiger partial charge in [0, 0.05) is 31.2 Å². The quantitative estimate of drug-likeness (QED) is 0.892. The van der Waals surface area contributed by atoms with E-state index in [0.717, 1.165) is 19.1 Å². The summed E-state index contributed by atoms with van der Waals surface area (Å²) in [5, 5.41) is 0.228. The minimum absolute atomic E-state index is 0.0479. The van der Waals surface area contributed by atoms with Crippen LogP contribution in [0.15, 0.2) is 0 Å². The number of anilines is 1. The fourth-order valence-electron chi connectivity index (χ4n) is 2.13. The molecule has 1 unspecified atom stereocenters. The number of sulfonamides is 1. The van der Waals surface area contributed by atoms with Crippen molar-refractivity contribution in [2.24, 2.45) is 5.92 Å². The van der Waals surface area contributed by atoms with Crippen LogP contribution >= 0.6 is 11.5 Å². The molecule has 0 radical (unpaired) electrons. The molecule has 1 fully saturated rings. The summed E-state index contributed by atoms with van der Waals surface area (Å²) in [5.41, 5.74) is 0. The molecule has 0 amide bonds. The van der Waals surface area contributed by atoms with Gasteiger partial charge in [-0.05, 0) is 18.8 Å². The van der Waals surface area contributed by atoms with Crippen LogP contribution < -0.4 is 9.62 Å². The number of nitrogens with one attached hydrogen (secondary N) is 1. The average Bonchev–Trinajstić information content (AvgIpc) is 2.85. The van der Waals surface area contributed by atoms with E-state index in [0.29, 0.717) is 24.6 Å². The van der Waals surface area contributed by atoms with E-state index in [1.54, 1.807) is 4.90 Å². The Bertz CT molecular complexity index is 587. The molecule has 1 aliphatic rings. The predicted molar refractivity (Wildman–Crippen MR) is 72.7 cm³/mol. The van der Waals surface area contributed by atoms with Gasteiger partial charge < -0.3 is 4.90 Å². The van der Waals surface area contributed by atoms with Crippen molar-refractivity contribution >= 4 is 26.7 Å². The van der Waals surface area contributed by atoms with Crippen LogP contribution in [0.1, 0.15) is 18.7 Å². The van der Waals surface area contributed by atoms with E-state index in [1.807, 2.05) is 0 Å². The predicted octanol–water partition coefficient (Wildman–Crippen LogP) is 1.32. The highest BCUT2D eigenvalue weighted by Crippen LogP contribution is 2.31. The van der Waals surface area contributed by atoms with Crippen molar-refractivity contribution in [2.75, 3.05) is 30.8 Å². The van der Waals surface area contributed by atoms with E-state index in [9.17, 15) is 21.6 Å². The van der Waals surface area contributed by atoms with Crippen LogP contribution in [0.5, 0.6) is 0 Å². The Hall–Kier alpha value is -0.940. The minimum atomic E-state index is -4.54. The zero-order valence-corrected chi connectivity index (χ0v) is 12.9. The van der Waals surface area contributed by atoms with Crippen molar-refractivity contribution in [3.05, 3.63) is 5.82 Å². The molecule has 21 heavy (non-hydrogen) atoms. The monoisotopic (exact) mass is 344 g/mol. The molecule has 120 valence electrons. The third-order valence-electron chi connectivity index (χ3n) is 3.09. The molecule has 6 nitrogen and oxygen atoms in total. The summed E-state index contributed by atoms with van der Waals surface area (Å²) in [6.07, 6.45) is -1.86. The fourth-order valence-corrected chi connectivity index (χ4v) is 3.39. The van der Waals surface area contributed by atoms with Gasteiger partial charge in [-0.1, -0.05) is 0 Å². The maximum Gasteiger partial charge on any atom is 0.452 e. The van der Waals surface area contributed by atoms with E-state index in [2.05, 4.69) is 14.1 Å². The van der Waals surface area contributed by atoms with Gasteiger partial charge in [0.15, 0.2) is 0 Å². The lowest BCUT2D eigenvalue weighted by atomic mass is 9.99. The first-order valence-corrected chi connectivity index (χ1v) is 8.92. The SMILES string of the molecule is CS(=O)(=O)NCC1CCCN(c2nc(C(F)(F)F)ns2)C1. The zero-order valence-electron chi connectivity index (χ0n) is 11.2. The van der Waals surface area contributed by atoms with Crippen molar-refractivity contribution in [1.29, 1.82) is 0 Å². The Labute approximate surface area is 124 Å². The number of hydrogen-bond acceptors (Lipinski definition) is 6. The molecule has 1 aliphatic heterocycles. The van der Waals surface area contributed by atoms with Gasteiger partial charge in [-0.25, -0.2) is 13.1 Å². The maximum absolute atomic E-state index is 12.5. The summed E-state index contributed by atoms with van der Waals surface area (Å²) >= 11 is 0.715. The molecule has 11 heteroatoms. The number of hydrogen-bond donors (Lipinski definition) is 1. The lowest BCUT2D eigenvalue weighted by Gasteiger charge is -2.32. The summed E-state index contributed by atoms with van der Waals surface area (Å²) in [6.45, 7) is 1.34. The highest BCUT2D eigenvalue weighted by Gasteiger charge is 2.37. The van der Waals surface area contributed by atoms with Crippen molar-refractivity contribution in [3.8, 4) is 0 Å². The molecule has 0 spiro atoms. The first-order chi connectivity index (χ1) is 9.65. The molecule has 0 aliphatic carbocycles. The van der Waals surface area contributed by atoms with E-state index >= 15 is 0 Å². The summed E-state index contributed by atoms with van der Waals surface area (Å²) in [7, 11) is -3.26. The Balaban J connectivity index is 1.99. The molecule has 1 saturated heterocycles. The standard InChI is InChI=1S/C10H15F3N4O2S2/c1-21(18,19)14-5-7-3-2-4-17(6-7)9-15-8(16-20-9)10(11,12)13/h7,14H,2-6H2,1H3. The van der Waals surface area contributed by atoms with Crippen LogP contribution in [-0.4, -0.2) is 43.7 Å². The van der Waals surface area contributed by atoms with E-state index in [4.69, 9.17) is 0 Å². The molecule has 1 N–H and O–H groups in total. The van der Waals surface area contributed by atoms with E-state index in [1.165, 1.54) is 0 Å². The van der Waals surface area contributed by atoms with Crippen LogP contribution in [0.25, 0.3) is 0 Å². The first kappa shape index (κ1) is 16.4. The molecule has 0 saturated carbocycles. The topological polar surface area (TPSA) is 75.2 Å². The van der Waals surface area contributed by atoms with Gasteiger partial charge in [-0.3, -0.25) is 0 Å². The van der Waals surface area contributed by atoms with Crippen molar-refractivity contribution < 1.29 is 21.6 Å². The average molecular weight is 344 g/mol. The summed E-state index contributed by atoms with van der Waals surface area (Å²) in [4.78, 5) is 5.25. The number of alkyl halides is 3. The van der Waals surface area contributed by atoms with Crippen LogP contribution in [0.2, 0.25) is 0 Å². The third kappa shape index (κ3) is 4.78. The molecule has 2 heterocycles. The largest absolute Gasteiger partial charge is 0.452 e. The first-order valence-electron chi connectivity index (χ1n) is 6.25. The molecule has 0 aromatic carbocycles. The van der Waals surface area contributed by atoms with Crippen LogP contribution in [0.4, 0.5) is 18.3 Å². The van der Waals surface area contributed by atoms with Crippen molar-refractivity contribution in [3.63, 3.8) is 0 Å². The molecule has 1 atom stereocenters. The second-order valence-corrected chi connectivity index (χ2v) is 7.54. The van der Waals surface area contributed by atoms with Crippen LogP contribution in [-0.2, 0) is 16.2 Å². The second-order valence-electron chi connectivity index (χ2n) is 4.97. The molecule has 1 aromatic heterocycles. The van der Waals surface area contributed by atoms with E-state index in [-0.39, 0.29) is 17.6 Å². The molecule has 0 bridgehead atoms. The number of rotatable bonds is 4. The van der Waals surface area contributed by atoms with Gasteiger partial charge in [0.2, 0.25) is 21.0 Å². The highest BCUT2D eigenvalue weighted by molar-refractivity contribution is 7.88. The van der Waals surface area contributed by atoms with Crippen LogP contribution in [0, 0.1) is 5.92 Å².